The standard InChI is InChI=1S/C10H11N4OPS/c1-2-15-16-13-14-9(11-12-10(14)17-16)8-6-4-3-5-7-8/h3-7,13H,2H2,1H3. The number of nitrogens with zero attached hydrogens (tertiary/aromatic N) is 3. The van der Waals surface area contributed by atoms with Crippen LogP contribution in [-0.4, -0.2) is 21.5 Å². The lowest BCUT2D eigenvalue weighted by Gasteiger charge is -2.09. The Balaban J connectivity index is 1.91. The van der Waals surface area contributed by atoms with Crippen molar-refractivity contribution in [1.82, 2.24) is 14.9 Å². The van der Waals surface area contributed by atoms with E-state index in [2.05, 4.69) is 15.4 Å². The number of fused-ring (bicyclic) bond motifs is 1. The largest absolute Gasteiger partial charge is 0.330 e. The minimum atomic E-state index is -0.714. The Labute approximate surface area is 104 Å². The molecule has 2 heterocycles. The first-order chi connectivity index (χ1) is 8.38. The number of rotatable bonds is 3. The maximum absolute atomic E-state index is 5.56. The molecule has 3 rings (SSSR count). The van der Waals surface area contributed by atoms with Crippen molar-refractivity contribution < 1.29 is 4.52 Å². The molecule has 17 heavy (non-hydrogen) atoms. The molecule has 88 valence electrons. The number of hydrogen-bond acceptors (Lipinski definition) is 5. The van der Waals surface area contributed by atoms with Gasteiger partial charge in [-0.05, 0) is 18.3 Å². The Hall–Kier alpha value is -1.10. The maximum Gasteiger partial charge on any atom is 0.219 e. The lowest BCUT2D eigenvalue weighted by molar-refractivity contribution is 0.387. The molecule has 1 unspecified atom stereocenters. The summed E-state index contributed by atoms with van der Waals surface area (Å²) in [5.74, 6) is 0.831. The quantitative estimate of drug-likeness (QED) is 0.866. The zero-order chi connectivity index (χ0) is 11.7. The molecule has 1 aromatic carbocycles. The molecule has 1 atom stereocenters. The number of aromatic nitrogens is 3. The molecule has 0 saturated carbocycles. The molecule has 1 aromatic heterocycles. The van der Waals surface area contributed by atoms with Gasteiger partial charge in [0.15, 0.2) is 5.82 Å². The van der Waals surface area contributed by atoms with Gasteiger partial charge >= 0.3 is 0 Å². The molecular formula is C10H11N4OPS. The van der Waals surface area contributed by atoms with Crippen molar-refractivity contribution >= 4 is 18.9 Å². The number of nitrogens with one attached hydrogen (secondary N) is 1. The van der Waals surface area contributed by atoms with E-state index in [0.29, 0.717) is 6.61 Å². The second-order valence-electron chi connectivity index (χ2n) is 3.37. The molecule has 0 bridgehead atoms. The summed E-state index contributed by atoms with van der Waals surface area (Å²) in [4.78, 5) is 0. The minimum absolute atomic E-state index is 0.699. The van der Waals surface area contributed by atoms with Crippen molar-refractivity contribution in [1.29, 1.82) is 0 Å². The Bertz CT molecular complexity index is 518. The Morgan fingerprint density at radius 1 is 1.35 bits per heavy atom. The van der Waals surface area contributed by atoms with E-state index in [9.17, 15) is 0 Å². The summed E-state index contributed by atoms with van der Waals surface area (Å²) in [5, 5.41) is 12.5. The molecule has 5 nitrogen and oxygen atoms in total. The highest BCUT2D eigenvalue weighted by atomic mass is 32.7. The third-order valence-electron chi connectivity index (χ3n) is 2.26. The van der Waals surface area contributed by atoms with Crippen LogP contribution in [-0.2, 0) is 4.52 Å². The van der Waals surface area contributed by atoms with Gasteiger partial charge in [-0.1, -0.05) is 30.3 Å². The summed E-state index contributed by atoms with van der Waals surface area (Å²) in [7, 11) is -0.714. The van der Waals surface area contributed by atoms with Gasteiger partial charge in [0.1, 0.15) is 0 Å². The van der Waals surface area contributed by atoms with Gasteiger partial charge in [-0.3, -0.25) is 5.20 Å². The van der Waals surface area contributed by atoms with E-state index in [-0.39, 0.29) is 0 Å². The Morgan fingerprint density at radius 2 is 2.18 bits per heavy atom. The summed E-state index contributed by atoms with van der Waals surface area (Å²) in [6, 6.07) is 10.0. The van der Waals surface area contributed by atoms with E-state index >= 15 is 0 Å². The first-order valence-electron chi connectivity index (χ1n) is 5.27. The first kappa shape index (κ1) is 11.0. The summed E-state index contributed by atoms with van der Waals surface area (Å²) in [6.45, 7) is 2.69. The van der Waals surface area contributed by atoms with Crippen molar-refractivity contribution in [2.24, 2.45) is 0 Å². The molecule has 0 saturated heterocycles. The molecule has 7 heteroatoms. The van der Waals surface area contributed by atoms with Gasteiger partial charge in [-0.2, -0.15) is 0 Å². The predicted octanol–water partition coefficient (Wildman–Crippen LogP) is 2.86. The molecule has 1 aliphatic rings. The van der Waals surface area contributed by atoms with E-state index in [1.807, 2.05) is 41.9 Å². The average molecular weight is 266 g/mol. The third-order valence-corrected chi connectivity index (χ3v) is 5.26. The van der Waals surface area contributed by atoms with Crippen LogP contribution in [0.25, 0.3) is 11.4 Å². The van der Waals surface area contributed by atoms with Crippen molar-refractivity contribution in [2.75, 3.05) is 11.8 Å². The van der Waals surface area contributed by atoms with Crippen molar-refractivity contribution in [2.45, 2.75) is 12.1 Å². The van der Waals surface area contributed by atoms with E-state index in [1.165, 1.54) is 0 Å². The highest BCUT2D eigenvalue weighted by Crippen LogP contribution is 2.57. The highest BCUT2D eigenvalue weighted by molar-refractivity contribution is 8.54. The van der Waals surface area contributed by atoms with Crippen LogP contribution in [0.15, 0.2) is 35.5 Å². The van der Waals surface area contributed by atoms with E-state index in [4.69, 9.17) is 4.52 Å². The topological polar surface area (TPSA) is 52.0 Å². The molecule has 0 fully saturated rings. The van der Waals surface area contributed by atoms with Crippen LogP contribution in [0.2, 0.25) is 0 Å². The van der Waals surface area contributed by atoms with Crippen molar-refractivity contribution in [3.63, 3.8) is 0 Å². The van der Waals surface area contributed by atoms with Gasteiger partial charge in [-0.15, -0.1) is 10.2 Å². The van der Waals surface area contributed by atoms with Gasteiger partial charge in [0, 0.05) is 5.56 Å². The van der Waals surface area contributed by atoms with E-state index in [0.717, 1.165) is 16.5 Å². The van der Waals surface area contributed by atoms with Crippen LogP contribution in [0.3, 0.4) is 0 Å². The fourth-order valence-electron chi connectivity index (χ4n) is 1.54. The van der Waals surface area contributed by atoms with Crippen LogP contribution in [0.1, 0.15) is 6.92 Å². The molecule has 1 aliphatic heterocycles. The lowest BCUT2D eigenvalue weighted by atomic mass is 10.2. The van der Waals surface area contributed by atoms with Gasteiger partial charge in [-0.25, -0.2) is 4.68 Å². The molecule has 0 aliphatic carbocycles. The molecular weight excluding hydrogens is 255 g/mol. The summed E-state index contributed by atoms with van der Waals surface area (Å²) in [6.07, 6.45) is 0. The van der Waals surface area contributed by atoms with Crippen LogP contribution in [0.5, 0.6) is 0 Å². The van der Waals surface area contributed by atoms with Gasteiger partial charge in [0.25, 0.3) is 0 Å². The van der Waals surface area contributed by atoms with Crippen LogP contribution in [0, 0.1) is 0 Å². The zero-order valence-electron chi connectivity index (χ0n) is 9.20. The van der Waals surface area contributed by atoms with Gasteiger partial charge in [0.2, 0.25) is 12.7 Å². The predicted molar refractivity (Wildman–Crippen MR) is 69.2 cm³/mol. The van der Waals surface area contributed by atoms with E-state index in [1.54, 1.807) is 11.4 Å². The smallest absolute Gasteiger partial charge is 0.219 e. The molecule has 0 amide bonds. The van der Waals surface area contributed by atoms with Crippen molar-refractivity contribution in [3.05, 3.63) is 30.3 Å². The Morgan fingerprint density at radius 3 is 2.94 bits per heavy atom. The van der Waals surface area contributed by atoms with Crippen LogP contribution in [0.4, 0.5) is 0 Å². The lowest BCUT2D eigenvalue weighted by Crippen LogP contribution is -2.06. The summed E-state index contributed by atoms with van der Waals surface area (Å²) < 4.78 is 7.47. The van der Waals surface area contributed by atoms with E-state index < -0.39 is 7.50 Å². The zero-order valence-corrected chi connectivity index (χ0v) is 10.9. The highest BCUT2D eigenvalue weighted by Gasteiger charge is 2.28. The normalized spacial score (nSPS) is 17.8. The van der Waals surface area contributed by atoms with Crippen LogP contribution < -0.4 is 5.20 Å². The second-order valence-corrected chi connectivity index (χ2v) is 6.44. The monoisotopic (exact) mass is 266 g/mol. The number of hydrogen-bond donors (Lipinski definition) is 1. The molecule has 2 aromatic rings. The van der Waals surface area contributed by atoms with Gasteiger partial charge < -0.3 is 4.52 Å². The maximum atomic E-state index is 5.56. The molecule has 0 radical (unpaired) electrons. The fourth-order valence-corrected chi connectivity index (χ4v) is 4.43. The first-order valence-corrected chi connectivity index (χ1v) is 7.95. The van der Waals surface area contributed by atoms with Crippen molar-refractivity contribution in [3.8, 4) is 11.4 Å². The average Bonchev–Trinajstić information content (AvgIpc) is 2.90. The molecule has 1 N–H and O–H groups in total. The SMILES string of the molecule is CCOP1Nn2c(nnc2-c2ccccc2)S1. The van der Waals surface area contributed by atoms with Gasteiger partial charge in [0.05, 0.1) is 6.61 Å². The number of benzene rings is 1. The van der Waals surface area contributed by atoms with Crippen LogP contribution >= 0.6 is 18.9 Å². The summed E-state index contributed by atoms with van der Waals surface area (Å²) >= 11 is 1.60. The minimum Gasteiger partial charge on any atom is -0.330 e. The third kappa shape index (κ3) is 2.04. The molecule has 0 spiro atoms. The summed E-state index contributed by atoms with van der Waals surface area (Å²) in [5.41, 5.74) is 1.05. The fraction of sp³-hybridized carbons (Fsp3) is 0.200. The Kier molecular flexibility index (Phi) is 3.01. The second kappa shape index (κ2) is 4.64.